The fourth-order valence-corrected chi connectivity index (χ4v) is 6.27. The Kier molecular flexibility index (Phi) is 8.06. The molecule has 3 aliphatic rings. The number of piperidine rings is 1. The summed E-state index contributed by atoms with van der Waals surface area (Å²) in [4.78, 5) is 30.3. The molecule has 0 atom stereocenters. The zero-order chi connectivity index (χ0) is 30.6. The van der Waals surface area contributed by atoms with Crippen molar-refractivity contribution in [2.45, 2.75) is 51.4 Å². The van der Waals surface area contributed by atoms with E-state index in [1.807, 2.05) is 45.8 Å². The summed E-state index contributed by atoms with van der Waals surface area (Å²) < 4.78 is 51.0. The third-order valence-electron chi connectivity index (χ3n) is 8.18. The summed E-state index contributed by atoms with van der Waals surface area (Å²) in [6, 6.07) is 2.19. The van der Waals surface area contributed by atoms with E-state index in [0.29, 0.717) is 78.0 Å². The Morgan fingerprint density at radius 3 is 2.36 bits per heavy atom. The highest BCUT2D eigenvalue weighted by Gasteiger charge is 2.48. The van der Waals surface area contributed by atoms with Crippen molar-refractivity contribution < 1.29 is 27.4 Å². The first-order chi connectivity index (χ1) is 19.6. The third-order valence-corrected chi connectivity index (χ3v) is 9.00. The summed E-state index contributed by atoms with van der Waals surface area (Å²) in [5, 5.41) is 0.610. The molecule has 3 fully saturated rings. The number of likely N-dealkylation sites (tertiary alicyclic amines) is 1. The van der Waals surface area contributed by atoms with Crippen LogP contribution < -0.4 is 14.5 Å². The van der Waals surface area contributed by atoms with Crippen molar-refractivity contribution in [2.24, 2.45) is 5.41 Å². The summed E-state index contributed by atoms with van der Waals surface area (Å²) in [6.07, 6.45) is -1.53. The van der Waals surface area contributed by atoms with E-state index in [-0.39, 0.29) is 17.3 Å². The molecule has 1 spiro atoms. The second-order valence-electron chi connectivity index (χ2n) is 12.8. The minimum Gasteiger partial charge on any atom is -0.481 e. The SMILES string of the molecule is C=Cc1cc2c(N3CCC4(CC3)CN(C(=O)OC(C)(C)C)C4)nc(N3CC(N(C)C)C3)nc2c(OCC(F)(F)F)c1Br. The maximum absolute atomic E-state index is 13.2. The summed E-state index contributed by atoms with van der Waals surface area (Å²) in [6.45, 7) is 12.1. The molecule has 0 saturated carbocycles. The van der Waals surface area contributed by atoms with Crippen molar-refractivity contribution in [1.29, 1.82) is 0 Å². The van der Waals surface area contributed by atoms with Gasteiger partial charge in [0.1, 0.15) is 16.9 Å². The van der Waals surface area contributed by atoms with Crippen LogP contribution in [0.3, 0.4) is 0 Å². The van der Waals surface area contributed by atoms with Gasteiger partial charge in [0.25, 0.3) is 0 Å². The Labute approximate surface area is 252 Å². The number of hydrogen-bond acceptors (Lipinski definition) is 8. The Morgan fingerprint density at radius 1 is 1.17 bits per heavy atom. The molecular weight excluding hydrogens is 617 g/mol. The summed E-state index contributed by atoms with van der Waals surface area (Å²) in [7, 11) is 4.03. The van der Waals surface area contributed by atoms with Crippen LogP contribution in [0.2, 0.25) is 0 Å². The first kappa shape index (κ1) is 30.7. The molecular formula is C29H38BrF3N6O3. The predicted molar refractivity (Wildman–Crippen MR) is 160 cm³/mol. The normalized spacial score (nSPS) is 19.2. The maximum Gasteiger partial charge on any atom is 0.422 e. The molecule has 0 radical (unpaired) electrons. The largest absolute Gasteiger partial charge is 0.481 e. The van der Waals surface area contributed by atoms with E-state index < -0.39 is 18.4 Å². The average Bonchev–Trinajstić information content (AvgIpc) is 2.83. The van der Waals surface area contributed by atoms with Crippen molar-refractivity contribution in [3.05, 3.63) is 22.7 Å². The number of likely N-dealkylation sites (N-methyl/N-ethyl adjacent to an activating group) is 1. The zero-order valence-electron chi connectivity index (χ0n) is 24.7. The van der Waals surface area contributed by atoms with Gasteiger partial charge in [0.15, 0.2) is 12.4 Å². The predicted octanol–water partition coefficient (Wildman–Crippen LogP) is 5.56. The lowest BCUT2D eigenvalue weighted by atomic mass is 9.72. The lowest BCUT2D eigenvalue weighted by Crippen LogP contribution is -2.62. The molecule has 13 heteroatoms. The van der Waals surface area contributed by atoms with Gasteiger partial charge in [-0.1, -0.05) is 12.7 Å². The summed E-state index contributed by atoms with van der Waals surface area (Å²) in [5.74, 6) is 1.15. The fourth-order valence-electron chi connectivity index (χ4n) is 5.70. The van der Waals surface area contributed by atoms with Crippen LogP contribution in [0.25, 0.3) is 17.0 Å². The van der Waals surface area contributed by atoms with E-state index in [1.54, 1.807) is 11.0 Å². The molecule has 5 rings (SSSR count). The van der Waals surface area contributed by atoms with Crippen molar-refractivity contribution >= 4 is 50.8 Å². The molecule has 1 aromatic heterocycles. The first-order valence-corrected chi connectivity index (χ1v) is 14.9. The van der Waals surface area contributed by atoms with E-state index in [4.69, 9.17) is 19.4 Å². The molecule has 0 bridgehead atoms. The van der Waals surface area contributed by atoms with Crippen LogP contribution in [0.4, 0.5) is 29.7 Å². The van der Waals surface area contributed by atoms with E-state index in [0.717, 1.165) is 12.8 Å². The number of rotatable bonds is 6. The second-order valence-corrected chi connectivity index (χ2v) is 13.6. The van der Waals surface area contributed by atoms with Crippen LogP contribution in [-0.4, -0.2) is 104 Å². The Balaban J connectivity index is 1.45. The highest BCUT2D eigenvalue weighted by Crippen LogP contribution is 2.45. The number of nitrogens with zero attached hydrogens (tertiary/aromatic N) is 6. The molecule has 1 amide bonds. The van der Waals surface area contributed by atoms with Crippen molar-refractivity contribution in [3.8, 4) is 5.75 Å². The lowest BCUT2D eigenvalue weighted by Gasteiger charge is -2.53. The Morgan fingerprint density at radius 2 is 1.81 bits per heavy atom. The Bertz CT molecular complexity index is 1360. The number of carbonyl (C=O) groups excluding carboxylic acids is 1. The van der Waals surface area contributed by atoms with Crippen LogP contribution in [-0.2, 0) is 4.74 Å². The zero-order valence-corrected chi connectivity index (χ0v) is 26.3. The molecule has 0 N–H and O–H groups in total. The van der Waals surface area contributed by atoms with E-state index in [9.17, 15) is 18.0 Å². The van der Waals surface area contributed by atoms with Gasteiger partial charge in [-0.3, -0.25) is 0 Å². The van der Waals surface area contributed by atoms with Gasteiger partial charge < -0.3 is 29.1 Å². The topological polar surface area (TPSA) is 74.3 Å². The quantitative estimate of drug-likeness (QED) is 0.401. The van der Waals surface area contributed by atoms with E-state index >= 15 is 0 Å². The highest BCUT2D eigenvalue weighted by atomic mass is 79.9. The number of anilines is 2. The van der Waals surface area contributed by atoms with Crippen LogP contribution in [0.1, 0.15) is 39.2 Å². The van der Waals surface area contributed by atoms with Crippen LogP contribution in [0.15, 0.2) is 17.1 Å². The molecule has 42 heavy (non-hydrogen) atoms. The lowest BCUT2D eigenvalue weighted by molar-refractivity contribution is -0.153. The van der Waals surface area contributed by atoms with Gasteiger partial charge in [0.05, 0.1) is 4.47 Å². The van der Waals surface area contributed by atoms with E-state index in [1.165, 1.54) is 0 Å². The van der Waals surface area contributed by atoms with Crippen molar-refractivity contribution in [2.75, 3.05) is 69.8 Å². The highest BCUT2D eigenvalue weighted by molar-refractivity contribution is 9.10. The summed E-state index contributed by atoms with van der Waals surface area (Å²) >= 11 is 3.44. The standard InChI is InChI=1S/C29H38BrF3N6O3/c1-7-18-12-20-22(23(21(18)30)41-17-29(31,32)33)34-25(38-13-19(14-38)36(5)6)35-24(20)37-10-8-28(9-11-37)15-39(16-28)26(40)42-27(2,3)4/h7,12,19H,1,8-11,13-17H2,2-6H3. The number of carbonyl (C=O) groups is 1. The van der Waals surface area contributed by atoms with E-state index in [2.05, 4.69) is 32.3 Å². The first-order valence-electron chi connectivity index (χ1n) is 14.1. The number of amides is 1. The molecule has 3 aliphatic heterocycles. The van der Waals surface area contributed by atoms with Gasteiger partial charge in [-0.2, -0.15) is 18.2 Å². The van der Waals surface area contributed by atoms with Crippen molar-refractivity contribution in [1.82, 2.24) is 19.8 Å². The maximum atomic E-state index is 13.2. The average molecular weight is 656 g/mol. The monoisotopic (exact) mass is 654 g/mol. The van der Waals surface area contributed by atoms with Gasteiger partial charge >= 0.3 is 12.3 Å². The van der Waals surface area contributed by atoms with Crippen molar-refractivity contribution in [3.63, 3.8) is 0 Å². The number of aromatic nitrogens is 2. The molecule has 4 heterocycles. The van der Waals surface area contributed by atoms with Gasteiger partial charge in [-0.05, 0) is 75.3 Å². The minimum absolute atomic E-state index is 0.0196. The van der Waals surface area contributed by atoms with Gasteiger partial charge in [0.2, 0.25) is 5.95 Å². The molecule has 0 aliphatic carbocycles. The molecule has 9 nitrogen and oxygen atoms in total. The van der Waals surface area contributed by atoms with Crippen LogP contribution in [0, 0.1) is 5.41 Å². The Hall–Kier alpha value is -2.80. The van der Waals surface area contributed by atoms with Gasteiger partial charge in [0, 0.05) is 56.1 Å². The number of ether oxygens (including phenoxy) is 2. The molecule has 0 unspecified atom stereocenters. The van der Waals surface area contributed by atoms with Gasteiger partial charge in [-0.25, -0.2) is 9.78 Å². The number of halogens is 4. The smallest absolute Gasteiger partial charge is 0.422 e. The summed E-state index contributed by atoms with van der Waals surface area (Å²) in [5.41, 5.74) is 0.394. The van der Waals surface area contributed by atoms with Crippen LogP contribution >= 0.6 is 15.9 Å². The number of benzene rings is 1. The number of fused-ring (bicyclic) bond motifs is 1. The van der Waals surface area contributed by atoms with Gasteiger partial charge in [-0.15, -0.1) is 0 Å². The number of alkyl halides is 3. The molecule has 3 saturated heterocycles. The fraction of sp³-hybridized carbons (Fsp3) is 0.621. The second kappa shape index (κ2) is 11.0. The van der Waals surface area contributed by atoms with Crippen LogP contribution in [0.5, 0.6) is 5.75 Å². The third kappa shape index (κ3) is 6.27. The number of hydrogen-bond donors (Lipinski definition) is 0. The molecule has 1 aromatic carbocycles. The molecule has 230 valence electrons. The molecule has 2 aromatic rings. The minimum atomic E-state index is -4.51.